The van der Waals surface area contributed by atoms with E-state index in [4.69, 9.17) is 0 Å². The van der Waals surface area contributed by atoms with Crippen LogP contribution in [0, 0.1) is 5.92 Å². The third kappa shape index (κ3) is 5.45. The highest BCUT2D eigenvalue weighted by Gasteiger charge is 2.33. The second kappa shape index (κ2) is 8.47. The van der Waals surface area contributed by atoms with Gasteiger partial charge in [-0.1, -0.05) is 60.7 Å². The zero-order chi connectivity index (χ0) is 17.5. The third-order valence-corrected chi connectivity index (χ3v) is 4.45. The Morgan fingerprint density at radius 3 is 2.20 bits per heavy atom. The molecule has 0 saturated heterocycles. The van der Waals surface area contributed by atoms with E-state index < -0.39 is 0 Å². The van der Waals surface area contributed by atoms with Crippen molar-refractivity contribution in [2.24, 2.45) is 5.92 Å². The average molecular weight is 336 g/mol. The lowest BCUT2D eigenvalue weighted by atomic mass is 10.0. The lowest BCUT2D eigenvalue weighted by Crippen LogP contribution is -2.34. The van der Waals surface area contributed by atoms with E-state index in [2.05, 4.69) is 22.8 Å². The summed E-state index contributed by atoms with van der Waals surface area (Å²) in [6, 6.07) is 19.8. The van der Waals surface area contributed by atoms with Crippen molar-refractivity contribution < 1.29 is 9.59 Å². The molecule has 25 heavy (non-hydrogen) atoms. The van der Waals surface area contributed by atoms with E-state index in [1.807, 2.05) is 48.5 Å². The maximum absolute atomic E-state index is 12.2. The molecule has 2 amide bonds. The molecule has 4 nitrogen and oxygen atoms in total. The Bertz CT molecular complexity index is 696. The van der Waals surface area contributed by atoms with Crippen molar-refractivity contribution >= 4 is 11.8 Å². The highest BCUT2D eigenvalue weighted by molar-refractivity contribution is 5.80. The van der Waals surface area contributed by atoms with E-state index in [0.29, 0.717) is 25.3 Å². The van der Waals surface area contributed by atoms with E-state index in [9.17, 15) is 9.59 Å². The predicted molar refractivity (Wildman–Crippen MR) is 97.8 cm³/mol. The van der Waals surface area contributed by atoms with Gasteiger partial charge in [0.1, 0.15) is 0 Å². The third-order valence-electron chi connectivity index (χ3n) is 4.45. The van der Waals surface area contributed by atoms with Gasteiger partial charge in [-0.05, 0) is 29.9 Å². The van der Waals surface area contributed by atoms with Gasteiger partial charge in [0.2, 0.25) is 11.8 Å². The summed E-state index contributed by atoms with van der Waals surface area (Å²) in [6.07, 6.45) is 2.97. The molecule has 2 N–H and O–H groups in total. The standard InChI is InChI=1S/C21H24N2O2/c24-19(13-14-22-20(25)15-16-7-3-1-4-8-16)23-21(18-11-12-18)17-9-5-2-6-10-17/h1-10,18,21H,11-15H2,(H,22,25)(H,23,24)/t21-/m1/s1. The summed E-state index contributed by atoms with van der Waals surface area (Å²) in [5, 5.41) is 5.95. The minimum absolute atomic E-state index is 0.0132. The van der Waals surface area contributed by atoms with Gasteiger partial charge in [0.05, 0.1) is 12.5 Å². The Morgan fingerprint density at radius 2 is 1.56 bits per heavy atom. The summed E-state index contributed by atoms with van der Waals surface area (Å²) in [6.45, 7) is 0.365. The fourth-order valence-electron chi connectivity index (χ4n) is 2.97. The van der Waals surface area contributed by atoms with Gasteiger partial charge in [-0.25, -0.2) is 0 Å². The van der Waals surface area contributed by atoms with Crippen LogP contribution in [0.5, 0.6) is 0 Å². The smallest absolute Gasteiger partial charge is 0.224 e. The topological polar surface area (TPSA) is 58.2 Å². The summed E-state index contributed by atoms with van der Waals surface area (Å²) in [5.74, 6) is 0.473. The number of benzene rings is 2. The van der Waals surface area contributed by atoms with Gasteiger partial charge in [0, 0.05) is 13.0 Å². The molecule has 1 aliphatic carbocycles. The van der Waals surface area contributed by atoms with Crippen LogP contribution >= 0.6 is 0 Å². The van der Waals surface area contributed by atoms with Gasteiger partial charge in [-0.3, -0.25) is 9.59 Å². The first-order valence-electron chi connectivity index (χ1n) is 8.87. The number of carbonyl (C=O) groups excluding carboxylic acids is 2. The fourth-order valence-corrected chi connectivity index (χ4v) is 2.97. The van der Waals surface area contributed by atoms with Crippen molar-refractivity contribution in [1.82, 2.24) is 10.6 Å². The Hall–Kier alpha value is -2.62. The number of carbonyl (C=O) groups is 2. The number of hydrogen-bond acceptors (Lipinski definition) is 2. The van der Waals surface area contributed by atoms with Crippen LogP contribution in [0.2, 0.25) is 0 Å². The molecule has 1 aliphatic rings. The number of amides is 2. The Labute approximate surface area is 148 Å². The molecular formula is C21H24N2O2. The van der Waals surface area contributed by atoms with Crippen LogP contribution in [0.15, 0.2) is 60.7 Å². The van der Waals surface area contributed by atoms with Crippen molar-refractivity contribution in [3.05, 3.63) is 71.8 Å². The molecule has 130 valence electrons. The van der Waals surface area contributed by atoms with E-state index >= 15 is 0 Å². The zero-order valence-corrected chi connectivity index (χ0v) is 14.3. The number of rotatable bonds is 8. The number of nitrogens with one attached hydrogen (secondary N) is 2. The first-order valence-corrected chi connectivity index (χ1v) is 8.87. The first kappa shape index (κ1) is 17.2. The molecule has 3 rings (SSSR count). The van der Waals surface area contributed by atoms with Gasteiger partial charge in [-0.2, -0.15) is 0 Å². The van der Waals surface area contributed by atoms with Crippen molar-refractivity contribution in [2.75, 3.05) is 6.54 Å². The summed E-state index contributed by atoms with van der Waals surface area (Å²) in [7, 11) is 0. The van der Waals surface area contributed by atoms with Crippen molar-refractivity contribution in [1.29, 1.82) is 0 Å². The Morgan fingerprint density at radius 1 is 0.920 bits per heavy atom. The Kier molecular flexibility index (Phi) is 5.83. The van der Waals surface area contributed by atoms with E-state index in [0.717, 1.165) is 24.0 Å². The minimum atomic E-state index is -0.0548. The molecule has 0 spiro atoms. The lowest BCUT2D eigenvalue weighted by Gasteiger charge is -2.19. The molecule has 0 unspecified atom stereocenters. The summed E-state index contributed by atoms with van der Waals surface area (Å²) < 4.78 is 0. The maximum Gasteiger partial charge on any atom is 0.224 e. The van der Waals surface area contributed by atoms with Crippen LogP contribution in [0.3, 0.4) is 0 Å². The van der Waals surface area contributed by atoms with Crippen LogP contribution in [0.4, 0.5) is 0 Å². The molecule has 0 bridgehead atoms. The second-order valence-corrected chi connectivity index (χ2v) is 6.56. The molecule has 2 aromatic rings. The zero-order valence-electron chi connectivity index (χ0n) is 14.3. The molecule has 0 aliphatic heterocycles. The van der Waals surface area contributed by atoms with Crippen molar-refractivity contribution in [3.8, 4) is 0 Å². The van der Waals surface area contributed by atoms with Crippen LogP contribution < -0.4 is 10.6 Å². The van der Waals surface area contributed by atoms with Gasteiger partial charge < -0.3 is 10.6 Å². The van der Waals surface area contributed by atoms with Gasteiger partial charge in [0.15, 0.2) is 0 Å². The van der Waals surface area contributed by atoms with Crippen LogP contribution in [0.25, 0.3) is 0 Å². The maximum atomic E-state index is 12.2. The Balaban J connectivity index is 1.42. The molecule has 0 aromatic heterocycles. The number of hydrogen-bond donors (Lipinski definition) is 2. The summed E-state index contributed by atoms with van der Waals surface area (Å²) >= 11 is 0. The van der Waals surface area contributed by atoms with Crippen molar-refractivity contribution in [3.63, 3.8) is 0 Å². The minimum Gasteiger partial charge on any atom is -0.355 e. The second-order valence-electron chi connectivity index (χ2n) is 6.56. The molecule has 4 heteroatoms. The highest BCUT2D eigenvalue weighted by atomic mass is 16.2. The van der Waals surface area contributed by atoms with Crippen LogP contribution in [-0.2, 0) is 16.0 Å². The molecular weight excluding hydrogens is 312 g/mol. The van der Waals surface area contributed by atoms with Crippen LogP contribution in [0.1, 0.15) is 36.4 Å². The highest BCUT2D eigenvalue weighted by Crippen LogP contribution is 2.40. The quantitative estimate of drug-likeness (QED) is 0.778. The van der Waals surface area contributed by atoms with E-state index in [1.165, 1.54) is 0 Å². The average Bonchev–Trinajstić information content (AvgIpc) is 3.46. The largest absolute Gasteiger partial charge is 0.355 e. The van der Waals surface area contributed by atoms with Gasteiger partial charge in [-0.15, -0.1) is 0 Å². The fraction of sp³-hybridized carbons (Fsp3) is 0.333. The predicted octanol–water partition coefficient (Wildman–Crippen LogP) is 3.00. The first-order chi connectivity index (χ1) is 12.2. The van der Waals surface area contributed by atoms with Crippen molar-refractivity contribution in [2.45, 2.75) is 31.7 Å². The summed E-state index contributed by atoms with van der Waals surface area (Å²) in [4.78, 5) is 24.1. The molecule has 1 atom stereocenters. The normalized spacial score (nSPS) is 14.6. The molecule has 2 aromatic carbocycles. The molecule has 1 fully saturated rings. The van der Waals surface area contributed by atoms with E-state index in [-0.39, 0.29) is 17.9 Å². The van der Waals surface area contributed by atoms with E-state index in [1.54, 1.807) is 0 Å². The lowest BCUT2D eigenvalue weighted by molar-refractivity contribution is -0.122. The molecule has 0 radical (unpaired) electrons. The van der Waals surface area contributed by atoms with Gasteiger partial charge >= 0.3 is 0 Å². The van der Waals surface area contributed by atoms with Crippen LogP contribution in [-0.4, -0.2) is 18.4 Å². The monoisotopic (exact) mass is 336 g/mol. The SMILES string of the molecule is O=C(Cc1ccccc1)NCCC(=O)N[C@H](c1ccccc1)C1CC1. The molecule has 1 saturated carbocycles. The van der Waals surface area contributed by atoms with Gasteiger partial charge in [0.25, 0.3) is 0 Å². The molecule has 0 heterocycles. The summed E-state index contributed by atoms with van der Waals surface area (Å²) in [5.41, 5.74) is 2.13.